The van der Waals surface area contributed by atoms with Gasteiger partial charge in [0.05, 0.1) is 22.1 Å². The van der Waals surface area contributed by atoms with Gasteiger partial charge < -0.3 is 9.13 Å². The number of hydrogen-bond acceptors (Lipinski definition) is 3. The van der Waals surface area contributed by atoms with Crippen molar-refractivity contribution < 1.29 is 0 Å². The van der Waals surface area contributed by atoms with Crippen molar-refractivity contribution in [2.24, 2.45) is 0 Å². The van der Waals surface area contributed by atoms with Crippen LogP contribution in [0.15, 0.2) is 249 Å². The molecule has 5 nitrogen and oxygen atoms in total. The first-order chi connectivity index (χ1) is 33.7. The summed E-state index contributed by atoms with van der Waals surface area (Å²) >= 11 is 0. The lowest BCUT2D eigenvalue weighted by Gasteiger charge is -2.14. The molecule has 5 heteroatoms. The Kier molecular flexibility index (Phi) is 9.43. The Hall–Kier alpha value is -9.19. The summed E-state index contributed by atoms with van der Waals surface area (Å²) in [7, 11) is 0. The smallest absolute Gasteiger partial charge is 0.164 e. The van der Waals surface area contributed by atoms with Crippen LogP contribution in [-0.2, 0) is 0 Å². The van der Waals surface area contributed by atoms with Crippen molar-refractivity contribution in [1.82, 2.24) is 24.1 Å². The van der Waals surface area contributed by atoms with Gasteiger partial charge in [-0.05, 0) is 118 Å². The molecule has 0 amide bonds. The second kappa shape index (κ2) is 16.4. The lowest BCUT2D eigenvalue weighted by atomic mass is 9.92. The van der Waals surface area contributed by atoms with Crippen molar-refractivity contribution in [3.8, 4) is 78.9 Å². The van der Waals surface area contributed by atoms with E-state index in [2.05, 4.69) is 197 Å². The van der Waals surface area contributed by atoms with Crippen molar-refractivity contribution in [3.63, 3.8) is 0 Å². The molecule has 0 radical (unpaired) electrons. The van der Waals surface area contributed by atoms with Crippen molar-refractivity contribution in [1.29, 1.82) is 0 Å². The van der Waals surface area contributed by atoms with Crippen LogP contribution in [0.1, 0.15) is 0 Å². The molecule has 13 aromatic rings. The molecule has 0 atom stereocenters. The van der Waals surface area contributed by atoms with Crippen LogP contribution in [0.3, 0.4) is 0 Å². The number of fused-ring (bicyclic) bond motifs is 6. The Bertz CT molecular complexity index is 3770. The highest BCUT2D eigenvalue weighted by molar-refractivity contribution is 6.12. The third-order valence-electron chi connectivity index (χ3n) is 13.1. The molecule has 0 unspecified atom stereocenters. The lowest BCUT2D eigenvalue weighted by molar-refractivity contribution is 1.07. The lowest BCUT2D eigenvalue weighted by Crippen LogP contribution is -2.00. The van der Waals surface area contributed by atoms with E-state index in [1.165, 1.54) is 43.6 Å². The first-order valence-corrected chi connectivity index (χ1v) is 23.0. The fourth-order valence-electron chi connectivity index (χ4n) is 9.92. The summed E-state index contributed by atoms with van der Waals surface area (Å²) in [5.41, 5.74) is 16.5. The summed E-state index contributed by atoms with van der Waals surface area (Å²) in [5, 5.41) is 4.87. The van der Waals surface area contributed by atoms with Gasteiger partial charge in [-0.2, -0.15) is 0 Å². The highest BCUT2D eigenvalue weighted by Gasteiger charge is 2.18. The highest BCUT2D eigenvalue weighted by Crippen LogP contribution is 2.41. The molecule has 0 bridgehead atoms. The van der Waals surface area contributed by atoms with Gasteiger partial charge in [0.2, 0.25) is 0 Å². The van der Waals surface area contributed by atoms with Crippen molar-refractivity contribution in [2.75, 3.05) is 0 Å². The highest BCUT2D eigenvalue weighted by atomic mass is 15.0. The molecule has 0 aliphatic rings. The van der Waals surface area contributed by atoms with Crippen LogP contribution in [0.25, 0.3) is 123 Å². The van der Waals surface area contributed by atoms with Gasteiger partial charge in [-0.3, -0.25) is 0 Å². The molecule has 0 aliphatic carbocycles. The largest absolute Gasteiger partial charge is 0.309 e. The monoisotopic (exact) mass is 867 g/mol. The molecular formula is C63H41N5. The topological polar surface area (TPSA) is 48.5 Å². The van der Waals surface area contributed by atoms with Gasteiger partial charge >= 0.3 is 0 Å². The molecule has 0 fully saturated rings. The van der Waals surface area contributed by atoms with Crippen LogP contribution in [0.4, 0.5) is 0 Å². The van der Waals surface area contributed by atoms with Gasteiger partial charge in [-0.1, -0.05) is 164 Å². The van der Waals surface area contributed by atoms with Gasteiger partial charge in [0, 0.05) is 49.6 Å². The van der Waals surface area contributed by atoms with Gasteiger partial charge in [0.15, 0.2) is 17.5 Å². The maximum atomic E-state index is 5.09. The van der Waals surface area contributed by atoms with E-state index in [1.54, 1.807) is 0 Å². The second-order valence-electron chi connectivity index (χ2n) is 17.3. The molecular weight excluding hydrogens is 827 g/mol. The minimum atomic E-state index is 0.622. The zero-order chi connectivity index (χ0) is 45.0. The van der Waals surface area contributed by atoms with Gasteiger partial charge in [-0.25, -0.2) is 15.0 Å². The average molecular weight is 868 g/mol. The van der Waals surface area contributed by atoms with Crippen LogP contribution in [-0.4, -0.2) is 24.1 Å². The van der Waals surface area contributed by atoms with Gasteiger partial charge in [-0.15, -0.1) is 0 Å². The van der Waals surface area contributed by atoms with E-state index in [0.717, 1.165) is 61.4 Å². The van der Waals surface area contributed by atoms with E-state index in [1.807, 2.05) is 60.7 Å². The van der Waals surface area contributed by atoms with Crippen LogP contribution >= 0.6 is 0 Å². The molecule has 3 heterocycles. The molecule has 68 heavy (non-hydrogen) atoms. The van der Waals surface area contributed by atoms with Crippen molar-refractivity contribution >= 4 is 43.6 Å². The molecule has 0 saturated heterocycles. The molecule has 0 N–H and O–H groups in total. The number of para-hydroxylation sites is 4. The predicted octanol–water partition coefficient (Wildman–Crippen LogP) is 16.1. The average Bonchev–Trinajstić information content (AvgIpc) is 3.94. The molecule has 3 aromatic heterocycles. The van der Waals surface area contributed by atoms with E-state index >= 15 is 0 Å². The first-order valence-electron chi connectivity index (χ1n) is 23.0. The van der Waals surface area contributed by atoms with Gasteiger partial charge in [0.25, 0.3) is 0 Å². The van der Waals surface area contributed by atoms with Gasteiger partial charge in [0.1, 0.15) is 0 Å². The Morgan fingerprint density at radius 1 is 0.206 bits per heavy atom. The summed E-state index contributed by atoms with van der Waals surface area (Å²) in [6.45, 7) is 0. The normalized spacial score (nSPS) is 11.5. The predicted molar refractivity (Wildman–Crippen MR) is 281 cm³/mol. The molecule has 318 valence electrons. The first kappa shape index (κ1) is 39.2. The van der Waals surface area contributed by atoms with Crippen LogP contribution in [0.5, 0.6) is 0 Å². The maximum Gasteiger partial charge on any atom is 0.164 e. The Morgan fingerprint density at radius 3 is 0.985 bits per heavy atom. The summed E-state index contributed by atoms with van der Waals surface area (Å²) < 4.78 is 4.74. The Labute approximate surface area is 393 Å². The van der Waals surface area contributed by atoms with E-state index in [9.17, 15) is 0 Å². The van der Waals surface area contributed by atoms with Crippen LogP contribution < -0.4 is 0 Å². The number of benzene rings is 10. The summed E-state index contributed by atoms with van der Waals surface area (Å²) in [6, 6.07) is 88.5. The second-order valence-corrected chi connectivity index (χ2v) is 17.3. The zero-order valence-corrected chi connectivity index (χ0v) is 36.9. The number of hydrogen-bond donors (Lipinski definition) is 0. The molecule has 0 aliphatic heterocycles. The van der Waals surface area contributed by atoms with E-state index in [0.29, 0.717) is 17.5 Å². The summed E-state index contributed by atoms with van der Waals surface area (Å²) in [6.07, 6.45) is 0. The molecule has 0 spiro atoms. The van der Waals surface area contributed by atoms with E-state index in [-0.39, 0.29) is 0 Å². The van der Waals surface area contributed by atoms with Crippen LogP contribution in [0.2, 0.25) is 0 Å². The number of aromatic nitrogens is 5. The molecule has 0 saturated carbocycles. The fourth-order valence-corrected chi connectivity index (χ4v) is 9.92. The maximum absolute atomic E-state index is 5.09. The SMILES string of the molecule is c1ccc(-c2nc(-c3ccccc3)nc(-c3cccc(-c4cc(-c5ccc6c(c5)c5ccccc5n6-c5ccccc5)cc(-c5ccc6c(c5)c5ccccc5n6-c5ccccc5)c4)c3)n2)cc1. The summed E-state index contributed by atoms with van der Waals surface area (Å²) in [5.74, 6) is 1.89. The van der Waals surface area contributed by atoms with E-state index in [4.69, 9.17) is 15.0 Å². The third kappa shape index (κ3) is 6.84. The van der Waals surface area contributed by atoms with E-state index < -0.39 is 0 Å². The number of nitrogens with zero attached hydrogens (tertiary/aromatic N) is 5. The Balaban J connectivity index is 1.00. The minimum absolute atomic E-state index is 0.622. The molecule has 13 rings (SSSR count). The standard InChI is InChI=1S/C63H41N5/c1-5-18-42(19-6-1)61-64-62(43-20-7-2-8-21-43)66-63(65-61)47-23-17-22-44(36-47)48-37-49(45-32-34-59-55(40-45)53-28-13-15-30-57(53)67(59)51-24-9-3-10-25-51)39-50(38-48)46-33-35-60-56(41-46)54-29-14-16-31-58(54)68(60)52-26-11-4-12-27-52/h1-41H. The molecule has 10 aromatic carbocycles. The Morgan fingerprint density at radius 2 is 0.529 bits per heavy atom. The van der Waals surface area contributed by atoms with Crippen LogP contribution in [0, 0.1) is 0 Å². The zero-order valence-electron chi connectivity index (χ0n) is 36.9. The minimum Gasteiger partial charge on any atom is -0.309 e. The van der Waals surface area contributed by atoms with Crippen molar-refractivity contribution in [3.05, 3.63) is 249 Å². The quantitative estimate of drug-likeness (QED) is 0.153. The number of rotatable bonds is 8. The van der Waals surface area contributed by atoms with Crippen molar-refractivity contribution in [2.45, 2.75) is 0 Å². The summed E-state index contributed by atoms with van der Waals surface area (Å²) in [4.78, 5) is 15.2. The third-order valence-corrected chi connectivity index (χ3v) is 13.1. The fraction of sp³-hybridized carbons (Fsp3) is 0.